The van der Waals surface area contributed by atoms with Crippen LogP contribution in [0.2, 0.25) is 5.02 Å². The van der Waals surface area contributed by atoms with Crippen LogP contribution in [-0.2, 0) is 30.6 Å². The molecule has 0 N–H and O–H groups in total. The van der Waals surface area contributed by atoms with Crippen LogP contribution in [0.3, 0.4) is 0 Å². The molecule has 2 heterocycles. The summed E-state index contributed by atoms with van der Waals surface area (Å²) in [6, 6.07) is 0. The molecule has 0 aromatic carbocycles. The van der Waals surface area contributed by atoms with Crippen molar-refractivity contribution in [1.82, 2.24) is 24.5 Å². The average Bonchev–Trinajstić information content (AvgIpc) is 3.30. The van der Waals surface area contributed by atoms with Gasteiger partial charge < -0.3 is 4.90 Å². The van der Waals surface area contributed by atoms with E-state index in [0.717, 1.165) is 30.6 Å². The Morgan fingerprint density at radius 2 is 2.04 bits per heavy atom. The number of nitrogens with zero attached hydrogens (tertiary/aromatic N) is 5. The predicted octanol–water partition coefficient (Wildman–Crippen LogP) is 4.01. The highest BCUT2D eigenvalue weighted by molar-refractivity contribution is 6.32. The summed E-state index contributed by atoms with van der Waals surface area (Å²) < 4.78 is 42.4. The first kappa shape index (κ1) is 20.7. The van der Waals surface area contributed by atoms with Gasteiger partial charge in [0.15, 0.2) is 5.69 Å². The van der Waals surface area contributed by atoms with E-state index in [1.807, 2.05) is 20.0 Å². The van der Waals surface area contributed by atoms with Crippen molar-refractivity contribution in [3.8, 4) is 0 Å². The summed E-state index contributed by atoms with van der Waals surface area (Å²) in [4.78, 5) is 14.0. The normalized spacial score (nSPS) is 14.5. The molecule has 28 heavy (non-hydrogen) atoms. The van der Waals surface area contributed by atoms with Crippen molar-refractivity contribution >= 4 is 17.5 Å². The van der Waals surface area contributed by atoms with Gasteiger partial charge in [0.25, 0.3) is 0 Å². The standard InChI is InChI=1S/C18H23ClF3N5O/c1-4-26-10-13(11(2)23-26)9-25(3)14(28)7-8-27-16(12-5-6-12)15(19)17(24-27)18(20,21)22/h10,12H,4-9H2,1-3H3. The molecule has 1 fully saturated rings. The highest BCUT2D eigenvalue weighted by Crippen LogP contribution is 2.46. The van der Waals surface area contributed by atoms with E-state index in [-0.39, 0.29) is 29.8 Å². The van der Waals surface area contributed by atoms with Gasteiger partial charge >= 0.3 is 6.18 Å². The van der Waals surface area contributed by atoms with Gasteiger partial charge in [-0.05, 0) is 26.7 Å². The number of carbonyl (C=O) groups excluding carboxylic acids is 1. The Bertz CT molecular complexity index is 869. The highest BCUT2D eigenvalue weighted by atomic mass is 35.5. The zero-order valence-electron chi connectivity index (χ0n) is 16.1. The van der Waals surface area contributed by atoms with Gasteiger partial charge in [0, 0.05) is 44.2 Å². The maximum absolute atomic E-state index is 13.1. The third kappa shape index (κ3) is 4.34. The van der Waals surface area contributed by atoms with E-state index in [0.29, 0.717) is 12.2 Å². The van der Waals surface area contributed by atoms with E-state index in [1.54, 1.807) is 16.6 Å². The smallest absolute Gasteiger partial charge is 0.341 e. The van der Waals surface area contributed by atoms with Crippen molar-refractivity contribution < 1.29 is 18.0 Å². The molecule has 0 unspecified atom stereocenters. The molecule has 0 atom stereocenters. The lowest BCUT2D eigenvalue weighted by atomic mass is 10.2. The quantitative estimate of drug-likeness (QED) is 0.684. The second-order valence-corrected chi connectivity index (χ2v) is 7.52. The summed E-state index contributed by atoms with van der Waals surface area (Å²) in [6.07, 6.45) is -1.09. The number of hydrogen-bond donors (Lipinski definition) is 0. The van der Waals surface area contributed by atoms with Crippen molar-refractivity contribution in [1.29, 1.82) is 0 Å². The van der Waals surface area contributed by atoms with Gasteiger partial charge in [-0.25, -0.2) is 0 Å². The summed E-state index contributed by atoms with van der Waals surface area (Å²) in [6.45, 7) is 5.06. The van der Waals surface area contributed by atoms with Crippen molar-refractivity contribution in [2.24, 2.45) is 0 Å². The minimum atomic E-state index is -4.61. The van der Waals surface area contributed by atoms with Crippen molar-refractivity contribution in [3.63, 3.8) is 0 Å². The van der Waals surface area contributed by atoms with E-state index in [1.165, 1.54) is 4.68 Å². The SMILES string of the molecule is CCn1cc(CN(C)C(=O)CCn2nc(C(F)(F)F)c(Cl)c2C2CC2)c(C)n1. The molecule has 1 aliphatic carbocycles. The van der Waals surface area contributed by atoms with Gasteiger partial charge in [-0.3, -0.25) is 14.2 Å². The zero-order valence-corrected chi connectivity index (χ0v) is 16.8. The number of halogens is 4. The lowest BCUT2D eigenvalue weighted by molar-refractivity contribution is -0.141. The number of aromatic nitrogens is 4. The van der Waals surface area contributed by atoms with Crippen LogP contribution in [-0.4, -0.2) is 37.4 Å². The van der Waals surface area contributed by atoms with Gasteiger partial charge in [-0.2, -0.15) is 23.4 Å². The van der Waals surface area contributed by atoms with Crippen LogP contribution in [0.25, 0.3) is 0 Å². The maximum Gasteiger partial charge on any atom is 0.436 e. The topological polar surface area (TPSA) is 56.0 Å². The number of aryl methyl sites for hydroxylation is 3. The zero-order chi connectivity index (χ0) is 20.6. The van der Waals surface area contributed by atoms with Crippen LogP contribution in [0.5, 0.6) is 0 Å². The van der Waals surface area contributed by atoms with Crippen molar-refractivity contribution in [3.05, 3.63) is 33.9 Å². The van der Waals surface area contributed by atoms with Gasteiger partial charge in [-0.15, -0.1) is 0 Å². The Hall–Kier alpha value is -2.03. The average molecular weight is 418 g/mol. The number of alkyl halides is 3. The summed E-state index contributed by atoms with van der Waals surface area (Å²) in [5, 5.41) is 7.68. The van der Waals surface area contributed by atoms with Crippen LogP contribution in [0.15, 0.2) is 6.20 Å². The molecule has 2 aromatic heterocycles. The second-order valence-electron chi connectivity index (χ2n) is 7.14. The van der Waals surface area contributed by atoms with Gasteiger partial charge in [0.2, 0.25) is 5.91 Å². The van der Waals surface area contributed by atoms with E-state index >= 15 is 0 Å². The number of carbonyl (C=O) groups is 1. The largest absolute Gasteiger partial charge is 0.436 e. The Labute approximate surface area is 166 Å². The van der Waals surface area contributed by atoms with Crippen LogP contribution >= 0.6 is 11.6 Å². The lowest BCUT2D eigenvalue weighted by Crippen LogP contribution is -2.27. The van der Waals surface area contributed by atoms with E-state index in [4.69, 9.17) is 11.6 Å². The Morgan fingerprint density at radius 1 is 1.36 bits per heavy atom. The second kappa shape index (κ2) is 7.77. The molecular formula is C18H23ClF3N5O. The van der Waals surface area contributed by atoms with Crippen molar-refractivity contribution in [2.75, 3.05) is 7.05 Å². The Morgan fingerprint density at radius 3 is 2.57 bits per heavy atom. The molecule has 0 aliphatic heterocycles. The third-order valence-corrected chi connectivity index (χ3v) is 5.28. The lowest BCUT2D eigenvalue weighted by Gasteiger charge is -2.17. The first-order valence-electron chi connectivity index (χ1n) is 9.22. The van der Waals surface area contributed by atoms with Crippen molar-refractivity contribution in [2.45, 2.75) is 64.8 Å². The minimum absolute atomic E-state index is 0.00790. The number of rotatable bonds is 7. The predicted molar refractivity (Wildman–Crippen MR) is 97.9 cm³/mol. The molecule has 0 bridgehead atoms. The molecule has 1 aliphatic rings. The molecule has 0 spiro atoms. The van der Waals surface area contributed by atoms with Crippen LogP contribution in [0, 0.1) is 6.92 Å². The summed E-state index contributed by atoms with van der Waals surface area (Å²) in [7, 11) is 1.67. The molecular weight excluding hydrogens is 395 g/mol. The summed E-state index contributed by atoms with van der Waals surface area (Å²) in [5.74, 6) is -0.183. The fourth-order valence-electron chi connectivity index (χ4n) is 3.16. The fraction of sp³-hybridized carbons (Fsp3) is 0.611. The van der Waals surface area contributed by atoms with Crippen LogP contribution in [0.4, 0.5) is 13.2 Å². The molecule has 1 amide bonds. The van der Waals surface area contributed by atoms with Gasteiger partial charge in [0.1, 0.15) is 0 Å². The summed E-state index contributed by atoms with van der Waals surface area (Å²) >= 11 is 5.96. The molecule has 0 saturated heterocycles. The van der Waals surface area contributed by atoms with Gasteiger partial charge in [-0.1, -0.05) is 11.6 Å². The maximum atomic E-state index is 13.1. The monoisotopic (exact) mass is 417 g/mol. The molecule has 2 aromatic rings. The van der Waals surface area contributed by atoms with Gasteiger partial charge in [0.05, 0.1) is 23.0 Å². The molecule has 0 radical (unpaired) electrons. The molecule has 3 rings (SSSR count). The number of hydrogen-bond acceptors (Lipinski definition) is 3. The van der Waals surface area contributed by atoms with Crippen LogP contribution in [0.1, 0.15) is 54.7 Å². The Balaban J connectivity index is 1.68. The van der Waals surface area contributed by atoms with E-state index in [9.17, 15) is 18.0 Å². The molecule has 154 valence electrons. The first-order chi connectivity index (χ1) is 13.1. The fourth-order valence-corrected chi connectivity index (χ4v) is 3.56. The highest BCUT2D eigenvalue weighted by Gasteiger charge is 2.42. The Kier molecular flexibility index (Phi) is 5.74. The van der Waals surface area contributed by atoms with E-state index < -0.39 is 11.9 Å². The first-order valence-corrected chi connectivity index (χ1v) is 9.59. The van der Waals surface area contributed by atoms with E-state index in [2.05, 4.69) is 10.2 Å². The molecule has 6 nitrogen and oxygen atoms in total. The molecule has 10 heteroatoms. The third-order valence-electron chi connectivity index (χ3n) is 4.91. The molecule has 1 saturated carbocycles. The summed E-state index contributed by atoms with van der Waals surface area (Å²) in [5.41, 5.74) is 1.12. The number of amides is 1. The minimum Gasteiger partial charge on any atom is -0.341 e. The van der Waals surface area contributed by atoms with Crippen LogP contribution < -0.4 is 0 Å².